The summed E-state index contributed by atoms with van der Waals surface area (Å²) < 4.78 is 11.2. The number of carbonyl (C=O) groups is 1. The van der Waals surface area contributed by atoms with Crippen LogP contribution in [-0.2, 0) is 0 Å². The molecule has 2 aromatic carbocycles. The van der Waals surface area contributed by atoms with Crippen molar-refractivity contribution in [1.82, 2.24) is 15.1 Å². The van der Waals surface area contributed by atoms with Gasteiger partial charge in [0.05, 0.1) is 19.2 Å². The Kier molecular flexibility index (Phi) is 7.17. The van der Waals surface area contributed by atoms with Gasteiger partial charge >= 0.3 is 0 Å². The lowest BCUT2D eigenvalue weighted by molar-refractivity contribution is 0.101. The lowest BCUT2D eigenvalue weighted by atomic mass is 10.1. The summed E-state index contributed by atoms with van der Waals surface area (Å²) in [6.45, 7) is 7.16. The topological polar surface area (TPSA) is 70.7 Å². The van der Waals surface area contributed by atoms with Gasteiger partial charge in [-0.25, -0.2) is 0 Å². The van der Waals surface area contributed by atoms with Crippen LogP contribution < -0.4 is 14.4 Å². The Labute approximate surface area is 193 Å². The summed E-state index contributed by atoms with van der Waals surface area (Å²) in [5, 5.41) is 9.43. The van der Waals surface area contributed by atoms with Gasteiger partial charge in [-0.15, -0.1) is 0 Å². The van der Waals surface area contributed by atoms with Crippen molar-refractivity contribution < 1.29 is 14.3 Å². The second-order valence-electron chi connectivity index (χ2n) is 8.04. The number of aromatic nitrogens is 2. The van der Waals surface area contributed by atoms with Gasteiger partial charge in [0.2, 0.25) is 0 Å². The Morgan fingerprint density at radius 2 is 1.91 bits per heavy atom. The fraction of sp³-hybridized carbons (Fsp3) is 0.417. The van der Waals surface area contributed by atoms with Crippen molar-refractivity contribution in [3.05, 3.63) is 47.0 Å². The molecule has 0 amide bonds. The van der Waals surface area contributed by atoms with Gasteiger partial charge in [0.25, 0.3) is 0 Å². The van der Waals surface area contributed by atoms with E-state index in [-0.39, 0.29) is 5.78 Å². The smallest absolute Gasteiger partial charge is 0.161 e. The Morgan fingerprint density at radius 1 is 1.09 bits per heavy atom. The first kappa shape index (κ1) is 22.4. The zero-order chi connectivity index (χ0) is 22.5. The lowest BCUT2D eigenvalue weighted by Crippen LogP contribution is -2.46. The molecule has 0 aliphatic carbocycles. The Hall–Kier alpha value is -2.77. The van der Waals surface area contributed by atoms with Crippen LogP contribution in [0.25, 0.3) is 10.9 Å². The quantitative estimate of drug-likeness (QED) is 0.380. The number of anilines is 1. The number of unbranched alkanes of at least 4 members (excludes halogenated alkanes) is 1. The fourth-order valence-corrected chi connectivity index (χ4v) is 4.20. The van der Waals surface area contributed by atoms with Crippen LogP contribution in [-0.4, -0.2) is 67.3 Å². The van der Waals surface area contributed by atoms with E-state index in [9.17, 15) is 4.79 Å². The van der Waals surface area contributed by atoms with E-state index >= 15 is 0 Å². The number of hydrogen-bond acceptors (Lipinski definition) is 6. The van der Waals surface area contributed by atoms with Crippen molar-refractivity contribution in [3.63, 3.8) is 0 Å². The number of piperazine rings is 1. The molecule has 32 heavy (non-hydrogen) atoms. The predicted octanol–water partition coefficient (Wildman–Crippen LogP) is 4.41. The molecule has 3 aromatic rings. The highest BCUT2D eigenvalue weighted by Crippen LogP contribution is 2.29. The number of H-pyrrole nitrogens is 1. The summed E-state index contributed by atoms with van der Waals surface area (Å²) in [5.41, 5.74) is 1.60. The van der Waals surface area contributed by atoms with E-state index in [4.69, 9.17) is 21.1 Å². The molecule has 0 saturated carbocycles. The standard InChI is InChI=1S/C24H29ClN4O3/c1-17(30)18-5-8-22(23(15-18)31-2)32-14-4-3-9-28-10-12-29(13-11-28)24-20-7-6-19(25)16-21(20)26-27-24/h5-8,15-16H,3-4,9-14H2,1-2H3,(H,26,27). The summed E-state index contributed by atoms with van der Waals surface area (Å²) in [6.07, 6.45) is 2.03. The molecule has 0 unspecified atom stereocenters. The maximum absolute atomic E-state index is 11.5. The van der Waals surface area contributed by atoms with Gasteiger partial charge in [0.15, 0.2) is 23.1 Å². The number of fused-ring (bicyclic) bond motifs is 1. The third kappa shape index (κ3) is 5.16. The van der Waals surface area contributed by atoms with Crippen LogP contribution in [0.1, 0.15) is 30.1 Å². The number of ether oxygens (including phenoxy) is 2. The summed E-state index contributed by atoms with van der Waals surface area (Å²) >= 11 is 6.08. The van der Waals surface area contributed by atoms with Crippen LogP contribution >= 0.6 is 11.6 Å². The average molecular weight is 457 g/mol. The molecule has 7 nitrogen and oxygen atoms in total. The first-order valence-corrected chi connectivity index (χ1v) is 11.4. The zero-order valence-corrected chi connectivity index (χ0v) is 19.3. The highest BCUT2D eigenvalue weighted by atomic mass is 35.5. The average Bonchev–Trinajstić information content (AvgIpc) is 3.22. The maximum atomic E-state index is 11.5. The monoisotopic (exact) mass is 456 g/mol. The van der Waals surface area contributed by atoms with E-state index in [0.717, 1.165) is 62.3 Å². The number of benzene rings is 2. The molecular formula is C24H29ClN4O3. The summed E-state index contributed by atoms with van der Waals surface area (Å²) in [4.78, 5) is 16.3. The second-order valence-corrected chi connectivity index (χ2v) is 8.48. The molecule has 1 aliphatic rings. The normalized spacial score (nSPS) is 14.7. The molecule has 1 saturated heterocycles. The zero-order valence-electron chi connectivity index (χ0n) is 18.6. The van der Waals surface area contributed by atoms with E-state index in [1.807, 2.05) is 24.3 Å². The number of nitrogens with zero attached hydrogens (tertiary/aromatic N) is 3. The van der Waals surface area contributed by atoms with Gasteiger partial charge in [0, 0.05) is 42.2 Å². The lowest BCUT2D eigenvalue weighted by Gasteiger charge is -2.35. The fourth-order valence-electron chi connectivity index (χ4n) is 4.03. The van der Waals surface area contributed by atoms with Crippen molar-refractivity contribution in [2.45, 2.75) is 19.8 Å². The molecule has 0 bridgehead atoms. The van der Waals surface area contributed by atoms with Crippen LogP contribution in [0.2, 0.25) is 5.02 Å². The van der Waals surface area contributed by atoms with Crippen molar-refractivity contribution in [2.24, 2.45) is 0 Å². The van der Waals surface area contributed by atoms with Crippen LogP contribution in [0, 0.1) is 0 Å². The van der Waals surface area contributed by atoms with Gasteiger partial charge in [-0.2, -0.15) is 5.10 Å². The van der Waals surface area contributed by atoms with Crippen LogP contribution in [0.3, 0.4) is 0 Å². The number of ketones is 1. The van der Waals surface area contributed by atoms with Crippen molar-refractivity contribution in [3.8, 4) is 11.5 Å². The van der Waals surface area contributed by atoms with Crippen molar-refractivity contribution >= 4 is 34.1 Å². The summed E-state index contributed by atoms with van der Waals surface area (Å²) in [5.74, 6) is 2.30. The number of methoxy groups -OCH3 is 1. The number of nitrogens with one attached hydrogen (secondary N) is 1. The predicted molar refractivity (Wildman–Crippen MR) is 127 cm³/mol. The van der Waals surface area contributed by atoms with Crippen molar-refractivity contribution in [1.29, 1.82) is 0 Å². The molecule has 1 aromatic heterocycles. The van der Waals surface area contributed by atoms with E-state index in [1.165, 1.54) is 0 Å². The first-order valence-electron chi connectivity index (χ1n) is 11.0. The summed E-state index contributed by atoms with van der Waals surface area (Å²) in [6, 6.07) is 11.2. The summed E-state index contributed by atoms with van der Waals surface area (Å²) in [7, 11) is 1.59. The molecule has 4 rings (SSSR count). The van der Waals surface area contributed by atoms with Crippen LogP contribution in [0.5, 0.6) is 11.5 Å². The van der Waals surface area contributed by atoms with Gasteiger partial charge in [-0.1, -0.05) is 11.6 Å². The Balaban J connectivity index is 1.19. The molecular weight excluding hydrogens is 428 g/mol. The number of rotatable bonds is 9. The Morgan fingerprint density at radius 3 is 2.66 bits per heavy atom. The Bertz CT molecular complexity index is 1080. The minimum absolute atomic E-state index is 0.0137. The molecule has 1 N–H and O–H groups in total. The van der Waals surface area contributed by atoms with E-state index < -0.39 is 0 Å². The van der Waals surface area contributed by atoms with Gasteiger partial charge < -0.3 is 14.4 Å². The molecule has 0 radical (unpaired) electrons. The molecule has 2 heterocycles. The van der Waals surface area contributed by atoms with Crippen LogP contribution in [0.4, 0.5) is 5.82 Å². The third-order valence-corrected chi connectivity index (χ3v) is 6.11. The van der Waals surface area contributed by atoms with E-state index in [0.29, 0.717) is 28.7 Å². The molecule has 0 atom stereocenters. The SMILES string of the molecule is COc1cc(C(C)=O)ccc1OCCCCN1CCN(c2n[nH]c3cc(Cl)ccc23)CC1. The maximum Gasteiger partial charge on any atom is 0.161 e. The largest absolute Gasteiger partial charge is 0.493 e. The van der Waals surface area contributed by atoms with E-state index in [1.54, 1.807) is 26.2 Å². The molecule has 8 heteroatoms. The van der Waals surface area contributed by atoms with Gasteiger partial charge in [0.1, 0.15) is 0 Å². The number of halogens is 1. The molecule has 1 fully saturated rings. The minimum atomic E-state index is 0.0137. The second kappa shape index (κ2) is 10.2. The molecule has 0 spiro atoms. The molecule has 1 aliphatic heterocycles. The van der Waals surface area contributed by atoms with Gasteiger partial charge in [-0.05, 0) is 62.7 Å². The molecule has 170 valence electrons. The van der Waals surface area contributed by atoms with Crippen molar-refractivity contribution in [2.75, 3.05) is 51.3 Å². The first-order chi connectivity index (χ1) is 15.5. The van der Waals surface area contributed by atoms with E-state index in [2.05, 4.69) is 20.0 Å². The number of aromatic amines is 1. The highest BCUT2D eigenvalue weighted by molar-refractivity contribution is 6.31. The third-order valence-electron chi connectivity index (χ3n) is 5.87. The number of carbonyl (C=O) groups excluding carboxylic acids is 1. The van der Waals surface area contributed by atoms with Crippen LogP contribution in [0.15, 0.2) is 36.4 Å². The van der Waals surface area contributed by atoms with Gasteiger partial charge in [-0.3, -0.25) is 14.8 Å². The number of Topliss-reactive ketones (excluding diaryl/α,β-unsaturated/α-hetero) is 1. The minimum Gasteiger partial charge on any atom is -0.493 e. The number of hydrogen-bond donors (Lipinski definition) is 1. The highest BCUT2D eigenvalue weighted by Gasteiger charge is 2.20.